The van der Waals surface area contributed by atoms with Crippen molar-refractivity contribution in [1.29, 1.82) is 0 Å². The molecule has 0 fully saturated rings. The molecule has 1 aromatic rings. The van der Waals surface area contributed by atoms with E-state index in [9.17, 15) is 0 Å². The molecule has 0 amide bonds. The number of hydrogen-bond acceptors (Lipinski definition) is 2. The highest BCUT2D eigenvalue weighted by Crippen LogP contribution is 2.04. The number of nitrogens with one attached hydrogen (secondary N) is 1. The smallest absolute Gasteiger partial charge is 0.129 e. The topological polar surface area (TPSA) is 28.7 Å². The Morgan fingerprint density at radius 1 is 1.54 bits per heavy atom. The summed E-state index contributed by atoms with van der Waals surface area (Å²) in [5.41, 5.74) is 1.18. The van der Waals surface area contributed by atoms with Gasteiger partial charge in [-0.3, -0.25) is 0 Å². The fraction of sp³-hybridized carbons (Fsp3) is 0.600. The molecular weight excluding hydrogens is 180 g/mol. The molecule has 0 aliphatic carbocycles. The lowest BCUT2D eigenvalue weighted by atomic mass is 10.1. The summed E-state index contributed by atoms with van der Waals surface area (Å²) in [5, 5.41) is 0. The van der Waals surface area contributed by atoms with Gasteiger partial charge in [-0.05, 0) is 18.4 Å². The lowest BCUT2D eigenvalue weighted by molar-refractivity contribution is 0.617. The van der Waals surface area contributed by atoms with Gasteiger partial charge in [-0.25, -0.2) is 4.98 Å². The molecule has 1 rings (SSSR count). The Kier molecular flexibility index (Phi) is 3.60. The first-order valence-corrected chi connectivity index (χ1v) is 5.11. The van der Waals surface area contributed by atoms with Gasteiger partial charge < -0.3 is 4.98 Å². The van der Waals surface area contributed by atoms with Crippen molar-refractivity contribution in [3.05, 3.63) is 22.2 Å². The van der Waals surface area contributed by atoms with E-state index < -0.39 is 0 Å². The van der Waals surface area contributed by atoms with Crippen LogP contribution < -0.4 is 0 Å². The van der Waals surface area contributed by atoms with Gasteiger partial charge in [0.1, 0.15) is 10.5 Å². The summed E-state index contributed by atoms with van der Waals surface area (Å²) in [5.74, 6) is 1.63. The Morgan fingerprint density at radius 2 is 2.23 bits per heavy atom. The second-order valence-corrected chi connectivity index (χ2v) is 4.06. The molecule has 0 atom stereocenters. The number of hydrogen-bond donors (Lipinski definition) is 1. The highest BCUT2D eigenvalue weighted by atomic mass is 32.1. The van der Waals surface area contributed by atoms with Gasteiger partial charge in [0.15, 0.2) is 0 Å². The average molecular weight is 196 g/mol. The van der Waals surface area contributed by atoms with E-state index in [4.69, 9.17) is 12.2 Å². The number of aryl methyl sites for hydroxylation is 1. The Labute approximate surface area is 84.4 Å². The fourth-order valence-electron chi connectivity index (χ4n) is 1.24. The number of aromatic amines is 1. The molecule has 1 heterocycles. The summed E-state index contributed by atoms with van der Waals surface area (Å²) in [7, 11) is 0. The van der Waals surface area contributed by atoms with E-state index in [0.717, 1.165) is 18.7 Å². The summed E-state index contributed by atoms with van der Waals surface area (Å²) in [6.45, 7) is 6.47. The summed E-state index contributed by atoms with van der Waals surface area (Å²) in [6.07, 6.45) is 1.95. The summed E-state index contributed by atoms with van der Waals surface area (Å²) < 4.78 is 0.700. The number of aromatic nitrogens is 2. The van der Waals surface area contributed by atoms with Crippen molar-refractivity contribution in [2.24, 2.45) is 5.92 Å². The zero-order valence-electron chi connectivity index (χ0n) is 8.42. The number of H-pyrrole nitrogens is 1. The largest absolute Gasteiger partial charge is 0.347 e. The van der Waals surface area contributed by atoms with Crippen LogP contribution in [0.25, 0.3) is 0 Å². The Hall–Kier alpha value is -0.700. The van der Waals surface area contributed by atoms with Gasteiger partial charge in [0.2, 0.25) is 0 Å². The van der Waals surface area contributed by atoms with Crippen LogP contribution in [0.5, 0.6) is 0 Å². The molecule has 0 aliphatic rings. The summed E-state index contributed by atoms with van der Waals surface area (Å²) in [6, 6.07) is 1.93. The normalized spacial score (nSPS) is 10.8. The molecule has 1 N–H and O–H groups in total. The Morgan fingerprint density at radius 3 is 2.77 bits per heavy atom. The summed E-state index contributed by atoms with van der Waals surface area (Å²) in [4.78, 5) is 7.57. The highest BCUT2D eigenvalue weighted by molar-refractivity contribution is 7.71. The molecular formula is C10H16N2S. The molecule has 0 spiro atoms. The second-order valence-electron chi connectivity index (χ2n) is 3.64. The van der Waals surface area contributed by atoms with Crippen LogP contribution in [0.1, 0.15) is 32.3 Å². The van der Waals surface area contributed by atoms with E-state index in [1.165, 1.54) is 5.69 Å². The molecule has 0 saturated heterocycles. The van der Waals surface area contributed by atoms with Crippen LogP contribution >= 0.6 is 12.2 Å². The Balaban J connectivity index is 2.95. The van der Waals surface area contributed by atoms with E-state index in [1.807, 2.05) is 6.07 Å². The van der Waals surface area contributed by atoms with E-state index in [2.05, 4.69) is 30.7 Å². The lowest BCUT2D eigenvalue weighted by Gasteiger charge is -2.05. The maximum atomic E-state index is 5.08. The van der Waals surface area contributed by atoms with Crippen LogP contribution in [0.3, 0.4) is 0 Å². The molecule has 72 valence electrons. The maximum absolute atomic E-state index is 5.08. The highest BCUT2D eigenvalue weighted by Gasteiger charge is 2.00. The van der Waals surface area contributed by atoms with Crippen LogP contribution in [0.4, 0.5) is 0 Å². The van der Waals surface area contributed by atoms with Crippen molar-refractivity contribution < 1.29 is 0 Å². The molecule has 2 nitrogen and oxygen atoms in total. The van der Waals surface area contributed by atoms with Gasteiger partial charge in [0, 0.05) is 12.1 Å². The van der Waals surface area contributed by atoms with Crippen LogP contribution in [-0.4, -0.2) is 9.97 Å². The monoisotopic (exact) mass is 196 g/mol. The third-order valence-corrected chi connectivity index (χ3v) is 2.04. The zero-order chi connectivity index (χ0) is 9.84. The van der Waals surface area contributed by atoms with E-state index >= 15 is 0 Å². The van der Waals surface area contributed by atoms with E-state index in [1.54, 1.807) is 0 Å². The van der Waals surface area contributed by atoms with Gasteiger partial charge in [-0.15, -0.1) is 0 Å². The second kappa shape index (κ2) is 4.51. The van der Waals surface area contributed by atoms with Crippen LogP contribution in [-0.2, 0) is 12.8 Å². The van der Waals surface area contributed by atoms with Crippen molar-refractivity contribution in [3.63, 3.8) is 0 Å². The number of rotatable bonds is 3. The molecule has 13 heavy (non-hydrogen) atoms. The average Bonchev–Trinajstić information content (AvgIpc) is 2.01. The van der Waals surface area contributed by atoms with Gasteiger partial charge in [-0.2, -0.15) is 0 Å². The summed E-state index contributed by atoms with van der Waals surface area (Å²) >= 11 is 5.08. The number of nitrogens with zero attached hydrogens (tertiary/aromatic N) is 1. The van der Waals surface area contributed by atoms with Crippen molar-refractivity contribution in [2.75, 3.05) is 0 Å². The maximum Gasteiger partial charge on any atom is 0.129 e. The standard InChI is InChI=1S/C10H16N2S/c1-4-8-6-10(13)12-9(11-8)5-7(2)3/h6-7H,4-5H2,1-3H3,(H,11,12,13). The van der Waals surface area contributed by atoms with Gasteiger partial charge in [0.25, 0.3) is 0 Å². The van der Waals surface area contributed by atoms with Crippen LogP contribution in [0.2, 0.25) is 0 Å². The molecule has 0 aromatic carbocycles. The van der Waals surface area contributed by atoms with Crippen molar-refractivity contribution in [1.82, 2.24) is 9.97 Å². The van der Waals surface area contributed by atoms with Crippen LogP contribution in [0, 0.1) is 10.6 Å². The molecule has 0 saturated carbocycles. The van der Waals surface area contributed by atoms with Crippen LogP contribution in [0.15, 0.2) is 6.07 Å². The third kappa shape index (κ3) is 3.27. The third-order valence-electron chi connectivity index (χ3n) is 1.83. The van der Waals surface area contributed by atoms with E-state index in [-0.39, 0.29) is 0 Å². The predicted molar refractivity (Wildman–Crippen MR) is 57.3 cm³/mol. The molecule has 0 radical (unpaired) electrons. The van der Waals surface area contributed by atoms with Crippen molar-refractivity contribution in [2.45, 2.75) is 33.6 Å². The molecule has 0 unspecified atom stereocenters. The van der Waals surface area contributed by atoms with Gasteiger partial charge in [-0.1, -0.05) is 33.0 Å². The molecule has 0 bridgehead atoms. The predicted octanol–water partition coefficient (Wildman–Crippen LogP) is 2.90. The lowest BCUT2D eigenvalue weighted by Crippen LogP contribution is -2.03. The molecule has 1 aromatic heterocycles. The minimum absolute atomic E-state index is 0.616. The van der Waals surface area contributed by atoms with Gasteiger partial charge in [0.05, 0.1) is 0 Å². The molecule has 0 aliphatic heterocycles. The molecule has 3 heteroatoms. The Bertz CT molecular complexity index is 328. The first-order chi connectivity index (χ1) is 6.11. The van der Waals surface area contributed by atoms with Gasteiger partial charge >= 0.3 is 0 Å². The van der Waals surface area contributed by atoms with E-state index in [0.29, 0.717) is 10.6 Å². The quantitative estimate of drug-likeness (QED) is 0.753. The fourth-order valence-corrected chi connectivity index (χ4v) is 1.49. The first-order valence-electron chi connectivity index (χ1n) is 4.71. The minimum Gasteiger partial charge on any atom is -0.347 e. The first kappa shape index (κ1) is 10.4. The van der Waals surface area contributed by atoms with Crippen molar-refractivity contribution >= 4 is 12.2 Å². The zero-order valence-corrected chi connectivity index (χ0v) is 9.24. The SMILES string of the molecule is CCc1cc(=S)nc(CC(C)C)[nH]1. The minimum atomic E-state index is 0.616. The van der Waals surface area contributed by atoms with Crippen molar-refractivity contribution in [3.8, 4) is 0 Å².